The quantitative estimate of drug-likeness (QED) is 0.171. The van der Waals surface area contributed by atoms with Crippen molar-refractivity contribution in [1.82, 2.24) is 0 Å². The van der Waals surface area contributed by atoms with Crippen molar-refractivity contribution in [2.45, 2.75) is 58.0 Å². The maximum atomic E-state index is 14.3. The first kappa shape index (κ1) is 35.2. The van der Waals surface area contributed by atoms with Gasteiger partial charge < -0.3 is 18.9 Å². The van der Waals surface area contributed by atoms with Crippen LogP contribution in [0.5, 0.6) is 23.0 Å². The van der Waals surface area contributed by atoms with E-state index in [2.05, 4.69) is 101 Å². The zero-order valence-electron chi connectivity index (χ0n) is 32.7. The minimum absolute atomic E-state index is 0.0949. The van der Waals surface area contributed by atoms with Crippen molar-refractivity contribution in [2.75, 3.05) is 21.3 Å². The second-order valence-corrected chi connectivity index (χ2v) is 17.2. The molecule has 1 heterocycles. The molecule has 0 N–H and O–H groups in total. The van der Waals surface area contributed by atoms with Gasteiger partial charge in [-0.2, -0.15) is 0 Å². The van der Waals surface area contributed by atoms with Gasteiger partial charge in [0, 0.05) is 33.1 Å². The Hall–Kier alpha value is -5.55. The van der Waals surface area contributed by atoms with Crippen LogP contribution >= 0.6 is 0 Å². The van der Waals surface area contributed by atoms with Crippen molar-refractivity contribution in [3.05, 3.63) is 149 Å². The second kappa shape index (κ2) is 12.5. The number of methoxy groups -OCH3 is 3. The van der Waals surface area contributed by atoms with E-state index in [9.17, 15) is 4.39 Å². The van der Waals surface area contributed by atoms with Gasteiger partial charge >= 0.3 is 0 Å². The molecular formula is C50H47FO4. The van der Waals surface area contributed by atoms with E-state index in [0.29, 0.717) is 0 Å². The van der Waals surface area contributed by atoms with E-state index >= 15 is 0 Å². The fourth-order valence-electron chi connectivity index (χ4n) is 10.9. The van der Waals surface area contributed by atoms with Gasteiger partial charge in [-0.05, 0) is 118 Å². The summed E-state index contributed by atoms with van der Waals surface area (Å²) in [7, 11) is 5.08. The lowest BCUT2D eigenvalue weighted by atomic mass is 9.52. The average Bonchev–Trinajstić information content (AvgIpc) is 3.44. The molecule has 0 saturated heterocycles. The Labute approximate surface area is 323 Å². The maximum Gasteiger partial charge on any atom is 0.178 e. The molecule has 1 spiro atoms. The monoisotopic (exact) mass is 730 g/mol. The van der Waals surface area contributed by atoms with Crippen LogP contribution < -0.4 is 18.9 Å². The van der Waals surface area contributed by atoms with E-state index in [1.54, 1.807) is 21.3 Å². The number of hydrogen-bond donors (Lipinski definition) is 0. The smallest absolute Gasteiger partial charge is 0.178 e. The molecule has 0 aromatic heterocycles. The Morgan fingerprint density at radius 3 is 1.80 bits per heavy atom. The maximum absolute atomic E-state index is 14.3. The van der Waals surface area contributed by atoms with E-state index < -0.39 is 5.60 Å². The summed E-state index contributed by atoms with van der Waals surface area (Å²) in [6.07, 6.45) is 7.76. The highest BCUT2D eigenvalue weighted by molar-refractivity contribution is 6.10. The number of fused-ring (bicyclic) bond motifs is 10. The van der Waals surface area contributed by atoms with Gasteiger partial charge in [0.2, 0.25) is 0 Å². The summed E-state index contributed by atoms with van der Waals surface area (Å²) < 4.78 is 39.4. The van der Waals surface area contributed by atoms with Gasteiger partial charge in [-0.1, -0.05) is 94.4 Å². The minimum atomic E-state index is -0.980. The molecule has 6 aromatic carbocycles. The van der Waals surface area contributed by atoms with Crippen molar-refractivity contribution < 1.29 is 23.3 Å². The van der Waals surface area contributed by atoms with Crippen LogP contribution in [0.15, 0.2) is 115 Å². The summed E-state index contributed by atoms with van der Waals surface area (Å²) in [6.45, 7) is 9.75. The van der Waals surface area contributed by atoms with Crippen LogP contribution in [0, 0.1) is 16.6 Å². The molecule has 5 heteroatoms. The van der Waals surface area contributed by atoms with Gasteiger partial charge in [0.15, 0.2) is 5.60 Å². The third kappa shape index (κ3) is 5.45. The molecule has 0 amide bonds. The Bertz CT molecular complexity index is 2430. The highest BCUT2D eigenvalue weighted by atomic mass is 19.1. The normalized spacial score (nSPS) is 17.9. The first-order valence-electron chi connectivity index (χ1n) is 19.2. The lowest BCUT2D eigenvalue weighted by molar-refractivity contribution is 0.0642. The molecule has 0 bridgehead atoms. The van der Waals surface area contributed by atoms with Crippen molar-refractivity contribution in [3.8, 4) is 45.3 Å². The van der Waals surface area contributed by atoms with Crippen LogP contribution in [0.4, 0.5) is 4.39 Å². The Balaban J connectivity index is 1.41. The van der Waals surface area contributed by atoms with E-state index in [4.69, 9.17) is 18.9 Å². The number of benzene rings is 6. The molecule has 4 nitrogen and oxygen atoms in total. The third-order valence-corrected chi connectivity index (χ3v) is 12.3. The first-order valence-corrected chi connectivity index (χ1v) is 19.2. The molecule has 1 saturated carbocycles. The Kier molecular flexibility index (Phi) is 7.99. The summed E-state index contributed by atoms with van der Waals surface area (Å²) in [5.74, 6) is 2.82. The third-order valence-electron chi connectivity index (χ3n) is 12.3. The van der Waals surface area contributed by atoms with Gasteiger partial charge in [0.1, 0.15) is 28.8 Å². The number of hydrogen-bond acceptors (Lipinski definition) is 4. The molecule has 1 aliphatic heterocycles. The van der Waals surface area contributed by atoms with Crippen LogP contribution in [0.1, 0.15) is 74.8 Å². The average molecular weight is 731 g/mol. The van der Waals surface area contributed by atoms with E-state index in [-0.39, 0.29) is 22.1 Å². The van der Waals surface area contributed by atoms with Crippen molar-refractivity contribution >= 4 is 16.8 Å². The second-order valence-electron chi connectivity index (χ2n) is 17.2. The molecule has 3 aliphatic rings. The van der Waals surface area contributed by atoms with Gasteiger partial charge in [-0.25, -0.2) is 4.39 Å². The molecule has 0 atom stereocenters. The highest BCUT2D eigenvalue weighted by Gasteiger charge is 2.55. The van der Waals surface area contributed by atoms with Crippen molar-refractivity contribution in [3.63, 3.8) is 0 Å². The standard InChI is InChI=1S/C50H47FO4/c1-47(2)28-48(3,4)30-49(29-47)42-11-9-8-10-37(42)44-40-27-43(54-7)39(31-12-18-34(51)19-13-31)26-41(40)46-38(45(44)49)24-25-50(55-46,32-14-20-35(52-5)21-15-32)33-16-22-36(53-6)23-17-33/h8-27H,28-30H2,1-7H3. The molecule has 9 rings (SSSR count). The Morgan fingerprint density at radius 2 is 1.22 bits per heavy atom. The van der Waals surface area contributed by atoms with E-state index in [1.807, 2.05) is 36.4 Å². The summed E-state index contributed by atoms with van der Waals surface area (Å²) in [6, 6.07) is 36.4. The molecule has 0 unspecified atom stereocenters. The fourth-order valence-corrected chi connectivity index (χ4v) is 10.9. The SMILES string of the molecule is COc1ccc(C2(c3ccc(OC)cc3)C=Cc3c4c(c5cc(OC)c(-c6ccc(F)cc6)cc5c3O2)-c2ccccc2C42CC(C)(C)CC(C)(C)C2)cc1. The Morgan fingerprint density at radius 1 is 0.618 bits per heavy atom. The zero-order chi connectivity index (χ0) is 38.3. The molecular weight excluding hydrogens is 684 g/mol. The largest absolute Gasteiger partial charge is 0.497 e. The predicted octanol–water partition coefficient (Wildman–Crippen LogP) is 12.5. The van der Waals surface area contributed by atoms with Gasteiger partial charge in [-0.3, -0.25) is 0 Å². The summed E-state index contributed by atoms with van der Waals surface area (Å²) in [4.78, 5) is 0. The van der Waals surface area contributed by atoms with Crippen molar-refractivity contribution in [2.24, 2.45) is 10.8 Å². The first-order chi connectivity index (χ1) is 26.4. The topological polar surface area (TPSA) is 36.9 Å². The van der Waals surface area contributed by atoms with E-state index in [1.165, 1.54) is 34.4 Å². The molecule has 0 radical (unpaired) electrons. The highest BCUT2D eigenvalue weighted by Crippen LogP contribution is 2.67. The molecule has 278 valence electrons. The lowest BCUT2D eigenvalue weighted by Gasteiger charge is -2.52. The van der Waals surface area contributed by atoms with Crippen LogP contribution in [0.2, 0.25) is 0 Å². The predicted molar refractivity (Wildman–Crippen MR) is 220 cm³/mol. The summed E-state index contributed by atoms with van der Waals surface area (Å²) in [5, 5.41) is 2.06. The molecule has 2 aliphatic carbocycles. The van der Waals surface area contributed by atoms with Gasteiger partial charge in [0.25, 0.3) is 0 Å². The number of ether oxygens (including phenoxy) is 4. The van der Waals surface area contributed by atoms with E-state index in [0.717, 1.165) is 80.9 Å². The van der Waals surface area contributed by atoms with Crippen LogP contribution in [-0.2, 0) is 11.0 Å². The number of halogens is 1. The van der Waals surface area contributed by atoms with Crippen LogP contribution in [0.25, 0.3) is 39.1 Å². The molecule has 1 fully saturated rings. The molecule has 55 heavy (non-hydrogen) atoms. The summed E-state index contributed by atoms with van der Waals surface area (Å²) >= 11 is 0. The zero-order valence-corrected chi connectivity index (χ0v) is 32.7. The minimum Gasteiger partial charge on any atom is -0.497 e. The van der Waals surface area contributed by atoms with Gasteiger partial charge in [0.05, 0.1) is 21.3 Å². The molecule has 6 aromatic rings. The lowest BCUT2D eigenvalue weighted by Crippen LogP contribution is -2.44. The summed E-state index contributed by atoms with van der Waals surface area (Å²) in [5.41, 5.74) is 9.00. The van der Waals surface area contributed by atoms with Crippen molar-refractivity contribution in [1.29, 1.82) is 0 Å². The number of rotatable bonds is 6. The van der Waals surface area contributed by atoms with Crippen LogP contribution in [0.3, 0.4) is 0 Å². The van der Waals surface area contributed by atoms with Crippen LogP contribution in [-0.4, -0.2) is 21.3 Å². The van der Waals surface area contributed by atoms with Gasteiger partial charge in [-0.15, -0.1) is 0 Å². The fraction of sp³-hybridized carbons (Fsp3) is 0.280.